The zero-order chi connectivity index (χ0) is 12.9. The van der Waals surface area contributed by atoms with Crippen LogP contribution in [0.1, 0.15) is 32.1 Å². The summed E-state index contributed by atoms with van der Waals surface area (Å²) in [5.74, 6) is -1.23. The van der Waals surface area contributed by atoms with E-state index in [9.17, 15) is 13.2 Å². The molecule has 17 heavy (non-hydrogen) atoms. The van der Waals surface area contributed by atoms with Crippen LogP contribution in [0, 0.1) is 0 Å². The Bertz CT molecular complexity index is 351. The highest BCUT2D eigenvalue weighted by Gasteiger charge is 2.21. The van der Waals surface area contributed by atoms with Gasteiger partial charge in [-0.15, -0.1) is 0 Å². The topological polar surface area (TPSA) is 122 Å². The molecule has 0 heterocycles. The first-order valence-corrected chi connectivity index (χ1v) is 7.14. The second kappa shape index (κ2) is 6.29. The van der Waals surface area contributed by atoms with Crippen molar-refractivity contribution >= 4 is 16.2 Å². The first-order valence-electron chi connectivity index (χ1n) is 5.66. The van der Waals surface area contributed by atoms with Crippen molar-refractivity contribution in [1.29, 1.82) is 0 Å². The molecular formula is C9H19N3O4S. The van der Waals surface area contributed by atoms with E-state index in [0.717, 1.165) is 32.1 Å². The Morgan fingerprint density at radius 2 is 1.94 bits per heavy atom. The summed E-state index contributed by atoms with van der Waals surface area (Å²) in [5.41, 5.74) is 5.20. The number of aliphatic carboxylic acids is 1. The molecule has 1 aliphatic rings. The van der Waals surface area contributed by atoms with Crippen LogP contribution < -0.4 is 15.2 Å². The maximum absolute atomic E-state index is 11.6. The van der Waals surface area contributed by atoms with Gasteiger partial charge in [-0.05, 0) is 12.8 Å². The second-order valence-electron chi connectivity index (χ2n) is 4.25. The van der Waals surface area contributed by atoms with Crippen molar-refractivity contribution in [2.24, 2.45) is 5.73 Å². The lowest BCUT2D eigenvalue weighted by Gasteiger charge is -2.22. The minimum atomic E-state index is -3.65. The van der Waals surface area contributed by atoms with Gasteiger partial charge < -0.3 is 10.8 Å². The maximum atomic E-state index is 11.6. The molecule has 0 aromatic heterocycles. The zero-order valence-electron chi connectivity index (χ0n) is 9.55. The van der Waals surface area contributed by atoms with Crippen molar-refractivity contribution in [3.05, 3.63) is 0 Å². The van der Waals surface area contributed by atoms with Crippen molar-refractivity contribution in [2.75, 3.05) is 6.54 Å². The third-order valence-corrected chi connectivity index (χ3v) is 3.93. The normalized spacial score (nSPS) is 20.1. The molecule has 0 aromatic carbocycles. The van der Waals surface area contributed by atoms with E-state index in [1.54, 1.807) is 0 Å². The van der Waals surface area contributed by atoms with E-state index in [0.29, 0.717) is 0 Å². The Balaban J connectivity index is 2.37. The van der Waals surface area contributed by atoms with Crippen molar-refractivity contribution in [3.8, 4) is 0 Å². The summed E-state index contributed by atoms with van der Waals surface area (Å²) in [4.78, 5) is 10.4. The van der Waals surface area contributed by atoms with Gasteiger partial charge in [0.2, 0.25) is 0 Å². The molecule has 1 fully saturated rings. The van der Waals surface area contributed by atoms with Gasteiger partial charge in [-0.25, -0.2) is 4.72 Å². The first kappa shape index (κ1) is 14.4. The number of hydrogen-bond acceptors (Lipinski definition) is 4. The monoisotopic (exact) mass is 265 g/mol. The molecule has 0 aromatic rings. The molecule has 7 nitrogen and oxygen atoms in total. The van der Waals surface area contributed by atoms with Crippen molar-refractivity contribution in [2.45, 2.75) is 44.2 Å². The Morgan fingerprint density at radius 1 is 1.35 bits per heavy atom. The van der Waals surface area contributed by atoms with E-state index in [2.05, 4.69) is 9.44 Å². The average Bonchev–Trinajstić information content (AvgIpc) is 2.26. The second-order valence-corrected chi connectivity index (χ2v) is 5.78. The van der Waals surface area contributed by atoms with Crippen molar-refractivity contribution in [3.63, 3.8) is 0 Å². The molecule has 0 bridgehead atoms. The number of nitrogens with one attached hydrogen (secondary N) is 2. The van der Waals surface area contributed by atoms with Crippen LogP contribution in [-0.4, -0.2) is 38.1 Å². The highest BCUT2D eigenvalue weighted by molar-refractivity contribution is 7.87. The summed E-state index contributed by atoms with van der Waals surface area (Å²) in [5, 5.41) is 8.52. The number of carbonyl (C=O) groups is 1. The molecular weight excluding hydrogens is 246 g/mol. The number of carboxylic acid groups (broad SMARTS) is 1. The molecule has 8 heteroatoms. The van der Waals surface area contributed by atoms with Crippen LogP contribution in [-0.2, 0) is 15.0 Å². The predicted molar refractivity (Wildman–Crippen MR) is 62.5 cm³/mol. The van der Waals surface area contributed by atoms with Gasteiger partial charge >= 0.3 is 5.97 Å². The van der Waals surface area contributed by atoms with Crippen LogP contribution in [0.4, 0.5) is 0 Å². The van der Waals surface area contributed by atoms with E-state index in [-0.39, 0.29) is 12.6 Å². The van der Waals surface area contributed by atoms with Gasteiger partial charge in [-0.1, -0.05) is 19.3 Å². The smallest absolute Gasteiger partial charge is 0.321 e. The van der Waals surface area contributed by atoms with Gasteiger partial charge in [0.1, 0.15) is 6.04 Å². The van der Waals surface area contributed by atoms with Gasteiger partial charge in [-0.2, -0.15) is 13.1 Å². The van der Waals surface area contributed by atoms with Gasteiger partial charge in [0.15, 0.2) is 0 Å². The largest absolute Gasteiger partial charge is 0.480 e. The Kier molecular flexibility index (Phi) is 5.31. The van der Waals surface area contributed by atoms with Crippen LogP contribution in [0.3, 0.4) is 0 Å². The first-order chi connectivity index (χ1) is 7.91. The van der Waals surface area contributed by atoms with E-state index in [1.165, 1.54) is 0 Å². The number of nitrogens with two attached hydrogens (primary N) is 1. The third kappa shape index (κ3) is 5.44. The molecule has 0 unspecified atom stereocenters. The minimum absolute atomic E-state index is 0.0534. The summed E-state index contributed by atoms with van der Waals surface area (Å²) in [6.07, 6.45) is 4.82. The molecule has 1 aliphatic carbocycles. The molecule has 100 valence electrons. The number of hydrogen-bond donors (Lipinski definition) is 4. The summed E-state index contributed by atoms with van der Waals surface area (Å²) in [6.45, 7) is -0.308. The Labute approximate surface area is 101 Å². The zero-order valence-corrected chi connectivity index (χ0v) is 10.4. The quantitative estimate of drug-likeness (QED) is 0.498. The van der Waals surface area contributed by atoms with Crippen molar-refractivity contribution in [1.82, 2.24) is 9.44 Å². The van der Waals surface area contributed by atoms with Crippen LogP contribution in [0.15, 0.2) is 0 Å². The molecule has 0 amide bonds. The van der Waals surface area contributed by atoms with Crippen LogP contribution in [0.5, 0.6) is 0 Å². The Morgan fingerprint density at radius 3 is 2.47 bits per heavy atom. The molecule has 1 atom stereocenters. The molecule has 0 spiro atoms. The van der Waals surface area contributed by atoms with Crippen LogP contribution in [0.25, 0.3) is 0 Å². The highest BCUT2D eigenvalue weighted by Crippen LogP contribution is 2.17. The molecule has 0 radical (unpaired) electrons. The van der Waals surface area contributed by atoms with Gasteiger partial charge in [-0.3, -0.25) is 4.79 Å². The highest BCUT2D eigenvalue weighted by atomic mass is 32.2. The van der Waals surface area contributed by atoms with E-state index in [4.69, 9.17) is 10.8 Å². The van der Waals surface area contributed by atoms with Gasteiger partial charge in [0.25, 0.3) is 10.2 Å². The fourth-order valence-electron chi connectivity index (χ4n) is 1.77. The number of carboxylic acids is 1. The summed E-state index contributed by atoms with van der Waals surface area (Å²) >= 11 is 0. The lowest BCUT2D eigenvalue weighted by atomic mass is 9.96. The van der Waals surface area contributed by atoms with Crippen LogP contribution in [0.2, 0.25) is 0 Å². The van der Waals surface area contributed by atoms with Crippen molar-refractivity contribution < 1.29 is 18.3 Å². The Hall–Kier alpha value is -0.700. The maximum Gasteiger partial charge on any atom is 0.321 e. The molecule has 5 N–H and O–H groups in total. The minimum Gasteiger partial charge on any atom is -0.480 e. The summed E-state index contributed by atoms with van der Waals surface area (Å²) < 4.78 is 27.8. The lowest BCUT2D eigenvalue weighted by molar-refractivity contribution is -0.138. The SMILES string of the molecule is N[C@@H](CNS(=O)(=O)NC1CCCCC1)C(=O)O. The van der Waals surface area contributed by atoms with E-state index in [1.807, 2.05) is 0 Å². The lowest BCUT2D eigenvalue weighted by Crippen LogP contribution is -2.48. The number of rotatable bonds is 6. The van der Waals surface area contributed by atoms with E-state index >= 15 is 0 Å². The molecule has 0 aliphatic heterocycles. The fraction of sp³-hybridized carbons (Fsp3) is 0.889. The molecule has 1 saturated carbocycles. The van der Waals surface area contributed by atoms with E-state index < -0.39 is 22.2 Å². The summed E-state index contributed by atoms with van der Waals surface area (Å²) in [6, 6.07) is -1.28. The predicted octanol–water partition coefficient (Wildman–Crippen LogP) is -0.845. The fourth-order valence-corrected chi connectivity index (χ4v) is 2.93. The average molecular weight is 265 g/mol. The van der Waals surface area contributed by atoms with Crippen LogP contribution >= 0.6 is 0 Å². The van der Waals surface area contributed by atoms with Gasteiger partial charge in [0.05, 0.1) is 0 Å². The molecule has 0 saturated heterocycles. The van der Waals surface area contributed by atoms with Gasteiger partial charge in [0, 0.05) is 12.6 Å². The third-order valence-electron chi connectivity index (χ3n) is 2.74. The standard InChI is InChI=1S/C9H19N3O4S/c10-8(9(13)14)6-11-17(15,16)12-7-4-2-1-3-5-7/h7-8,11-12H,1-6,10H2,(H,13,14)/t8-/m0/s1. The summed E-state index contributed by atoms with van der Waals surface area (Å²) in [7, 11) is -3.65. The molecule has 1 rings (SSSR count).